The molecule has 1 aromatic rings. The van der Waals surface area contributed by atoms with E-state index in [4.69, 9.17) is 11.6 Å². The number of carbonyl (C=O) groups is 3. The molecule has 0 bridgehead atoms. The maximum absolute atomic E-state index is 11.7. The van der Waals surface area contributed by atoms with Crippen molar-refractivity contribution in [2.45, 2.75) is 19.3 Å². The molecule has 0 radical (unpaired) electrons. The third kappa shape index (κ3) is 5.70. The van der Waals surface area contributed by atoms with Crippen LogP contribution in [0.4, 0.5) is 0 Å². The smallest absolute Gasteiger partial charge is 0.305 e. The van der Waals surface area contributed by atoms with E-state index >= 15 is 0 Å². The van der Waals surface area contributed by atoms with Gasteiger partial charge in [0.15, 0.2) is 0 Å². The second-order valence-corrected chi connectivity index (χ2v) is 4.53. The van der Waals surface area contributed by atoms with Gasteiger partial charge in [-0.05, 0) is 24.6 Å². The Morgan fingerprint density at radius 3 is 2.62 bits per heavy atom. The number of hydrogen-bond acceptors (Lipinski definition) is 5. The predicted molar refractivity (Wildman–Crippen MR) is 74.6 cm³/mol. The molecule has 1 rings (SSSR count). The summed E-state index contributed by atoms with van der Waals surface area (Å²) in [6.07, 6.45) is 0.473. The van der Waals surface area contributed by atoms with Crippen molar-refractivity contribution in [3.05, 3.63) is 28.8 Å². The Labute approximate surface area is 126 Å². The summed E-state index contributed by atoms with van der Waals surface area (Å²) in [6, 6.07) is 3.98. The van der Waals surface area contributed by atoms with Gasteiger partial charge in [-0.3, -0.25) is 25.2 Å². The monoisotopic (exact) mass is 314 g/mol. The van der Waals surface area contributed by atoms with Crippen LogP contribution in [-0.4, -0.2) is 30.0 Å². The Bertz CT molecular complexity index is 547. The summed E-state index contributed by atoms with van der Waals surface area (Å²) in [5.41, 5.74) is 4.26. The minimum absolute atomic E-state index is 0.0525. The zero-order chi connectivity index (χ0) is 15.8. The molecule has 21 heavy (non-hydrogen) atoms. The molecule has 0 aliphatic rings. The minimum atomic E-state index is -0.698. The van der Waals surface area contributed by atoms with Gasteiger partial charge in [-0.1, -0.05) is 11.6 Å². The quantitative estimate of drug-likeness (QED) is 0.558. The number of esters is 1. The maximum atomic E-state index is 11.7. The summed E-state index contributed by atoms with van der Waals surface area (Å²) in [5.74, 6) is -1.82. The normalized spacial score (nSPS) is 9.81. The highest BCUT2D eigenvalue weighted by atomic mass is 35.5. The molecule has 0 fully saturated rings. The topological polar surface area (TPSA) is 105 Å². The van der Waals surface area contributed by atoms with Crippen LogP contribution < -0.4 is 10.9 Å². The summed E-state index contributed by atoms with van der Waals surface area (Å²) in [6.45, 7) is 0. The van der Waals surface area contributed by atoms with Crippen molar-refractivity contribution in [3.63, 3.8) is 0 Å². The van der Waals surface area contributed by atoms with Gasteiger partial charge >= 0.3 is 5.97 Å². The average molecular weight is 315 g/mol. The number of benzene rings is 1. The van der Waals surface area contributed by atoms with Gasteiger partial charge in [-0.15, -0.1) is 0 Å². The van der Waals surface area contributed by atoms with E-state index in [2.05, 4.69) is 15.6 Å². The van der Waals surface area contributed by atoms with Crippen LogP contribution >= 0.6 is 11.6 Å². The number of phenols is 1. The van der Waals surface area contributed by atoms with Crippen molar-refractivity contribution in [3.8, 4) is 5.75 Å². The summed E-state index contributed by atoms with van der Waals surface area (Å²) in [5, 5.41) is 9.80. The molecule has 2 amide bonds. The Balaban J connectivity index is 2.40. The van der Waals surface area contributed by atoms with Crippen LogP contribution in [-0.2, 0) is 14.3 Å². The van der Waals surface area contributed by atoms with Crippen molar-refractivity contribution in [2.75, 3.05) is 7.11 Å². The van der Waals surface area contributed by atoms with Gasteiger partial charge in [0.25, 0.3) is 5.91 Å². The Hall–Kier alpha value is -2.28. The van der Waals surface area contributed by atoms with E-state index in [0.717, 1.165) is 0 Å². The highest BCUT2D eigenvalue weighted by molar-refractivity contribution is 6.31. The molecule has 0 unspecified atom stereocenters. The first-order chi connectivity index (χ1) is 9.93. The van der Waals surface area contributed by atoms with E-state index in [9.17, 15) is 19.5 Å². The van der Waals surface area contributed by atoms with Gasteiger partial charge in [-0.25, -0.2) is 0 Å². The molecule has 0 aromatic heterocycles. The van der Waals surface area contributed by atoms with Crippen molar-refractivity contribution < 1.29 is 24.2 Å². The zero-order valence-electron chi connectivity index (χ0n) is 11.3. The fourth-order valence-electron chi connectivity index (χ4n) is 1.44. The average Bonchev–Trinajstić information content (AvgIpc) is 2.47. The van der Waals surface area contributed by atoms with Crippen molar-refractivity contribution in [1.29, 1.82) is 0 Å². The summed E-state index contributed by atoms with van der Waals surface area (Å²) in [4.78, 5) is 34.0. The van der Waals surface area contributed by atoms with Gasteiger partial charge in [0.2, 0.25) is 5.91 Å². The summed E-state index contributed by atoms with van der Waals surface area (Å²) < 4.78 is 4.43. The van der Waals surface area contributed by atoms with Crippen LogP contribution in [0.15, 0.2) is 18.2 Å². The molecule has 0 aliphatic carbocycles. The van der Waals surface area contributed by atoms with E-state index in [0.29, 0.717) is 6.42 Å². The number of nitrogens with one attached hydrogen (secondary N) is 2. The van der Waals surface area contributed by atoms with Gasteiger partial charge in [-0.2, -0.15) is 0 Å². The lowest BCUT2D eigenvalue weighted by Crippen LogP contribution is -2.41. The lowest BCUT2D eigenvalue weighted by Gasteiger charge is -2.08. The fourth-order valence-corrected chi connectivity index (χ4v) is 1.61. The lowest BCUT2D eigenvalue weighted by molar-refractivity contribution is -0.140. The van der Waals surface area contributed by atoms with Crippen LogP contribution in [0.5, 0.6) is 5.75 Å². The molecule has 0 heterocycles. The van der Waals surface area contributed by atoms with Crippen LogP contribution in [0, 0.1) is 0 Å². The van der Waals surface area contributed by atoms with Crippen molar-refractivity contribution in [2.24, 2.45) is 0 Å². The summed E-state index contributed by atoms with van der Waals surface area (Å²) >= 11 is 5.71. The number of ether oxygens (including phenoxy) is 1. The largest absolute Gasteiger partial charge is 0.507 e. The molecule has 3 N–H and O–H groups in total. The van der Waals surface area contributed by atoms with Gasteiger partial charge in [0.05, 0.1) is 12.7 Å². The van der Waals surface area contributed by atoms with Crippen LogP contribution in [0.2, 0.25) is 5.02 Å². The predicted octanol–water partition coefficient (Wildman–Crippen LogP) is 1.15. The molecule has 7 nitrogen and oxygen atoms in total. The number of methoxy groups -OCH3 is 1. The van der Waals surface area contributed by atoms with Gasteiger partial charge in [0, 0.05) is 17.9 Å². The first-order valence-corrected chi connectivity index (χ1v) is 6.46. The highest BCUT2D eigenvalue weighted by Gasteiger charge is 2.12. The SMILES string of the molecule is COC(=O)CCCC(=O)NNC(=O)c1cc(Cl)ccc1O. The van der Waals surface area contributed by atoms with Crippen LogP contribution in [0.1, 0.15) is 29.6 Å². The number of halogens is 1. The van der Waals surface area contributed by atoms with Crippen LogP contribution in [0.3, 0.4) is 0 Å². The molecular weight excluding hydrogens is 300 g/mol. The van der Waals surface area contributed by atoms with E-state index in [1.807, 2.05) is 0 Å². The molecule has 0 atom stereocenters. The minimum Gasteiger partial charge on any atom is -0.507 e. The number of hydrogen-bond donors (Lipinski definition) is 3. The molecule has 0 saturated carbocycles. The summed E-state index contributed by atoms with van der Waals surface area (Å²) in [7, 11) is 1.26. The van der Waals surface area contributed by atoms with Crippen LogP contribution in [0.25, 0.3) is 0 Å². The lowest BCUT2D eigenvalue weighted by atomic mass is 10.2. The van der Waals surface area contributed by atoms with E-state index in [1.54, 1.807) is 0 Å². The number of carbonyl (C=O) groups excluding carboxylic acids is 3. The molecule has 0 spiro atoms. The number of rotatable bonds is 5. The van der Waals surface area contributed by atoms with Gasteiger partial charge < -0.3 is 9.84 Å². The molecule has 1 aromatic carbocycles. The Morgan fingerprint density at radius 2 is 1.95 bits per heavy atom. The zero-order valence-corrected chi connectivity index (χ0v) is 12.1. The maximum Gasteiger partial charge on any atom is 0.305 e. The first kappa shape index (κ1) is 16.8. The Morgan fingerprint density at radius 1 is 1.24 bits per heavy atom. The van der Waals surface area contributed by atoms with Gasteiger partial charge in [0.1, 0.15) is 5.75 Å². The molecular formula is C13H15ClN2O5. The molecule has 0 aliphatic heterocycles. The second-order valence-electron chi connectivity index (χ2n) is 4.09. The third-order valence-corrected chi connectivity index (χ3v) is 2.77. The molecule has 0 saturated heterocycles. The fraction of sp³-hybridized carbons (Fsp3) is 0.308. The van der Waals surface area contributed by atoms with Crippen molar-refractivity contribution >= 4 is 29.4 Å². The third-order valence-electron chi connectivity index (χ3n) is 2.53. The number of phenolic OH excluding ortho intramolecular Hbond substituents is 1. The standard InChI is InChI=1S/C13H15ClN2O5/c1-21-12(19)4-2-3-11(18)15-16-13(20)9-7-8(14)5-6-10(9)17/h5-7,17H,2-4H2,1H3,(H,15,18)(H,16,20). The van der Waals surface area contributed by atoms with Crippen molar-refractivity contribution in [1.82, 2.24) is 10.9 Å². The van der Waals surface area contributed by atoms with E-state index in [-0.39, 0.29) is 29.2 Å². The number of hydrazine groups is 1. The molecule has 114 valence electrons. The Kier molecular flexibility index (Phi) is 6.48. The highest BCUT2D eigenvalue weighted by Crippen LogP contribution is 2.20. The molecule has 8 heteroatoms. The van der Waals surface area contributed by atoms with E-state index in [1.165, 1.54) is 25.3 Å². The second kappa shape index (κ2) is 8.11. The first-order valence-electron chi connectivity index (χ1n) is 6.08. The number of amides is 2. The number of aromatic hydroxyl groups is 1. The van der Waals surface area contributed by atoms with E-state index < -0.39 is 17.8 Å².